The van der Waals surface area contributed by atoms with Crippen LogP contribution in [0.15, 0.2) is 53.6 Å². The van der Waals surface area contributed by atoms with Crippen molar-refractivity contribution in [1.29, 1.82) is 0 Å². The fraction of sp³-hybridized carbons (Fsp3) is 0.348. The zero-order chi connectivity index (χ0) is 23.1. The molecule has 1 atom stereocenters. The lowest BCUT2D eigenvalue weighted by Crippen LogP contribution is -2.39. The van der Waals surface area contributed by atoms with E-state index in [1.807, 2.05) is 0 Å². The monoisotopic (exact) mass is 446 g/mol. The number of amides is 1. The Balaban J connectivity index is 1.77. The van der Waals surface area contributed by atoms with Crippen LogP contribution in [-0.4, -0.2) is 45.7 Å². The van der Waals surface area contributed by atoms with E-state index < -0.39 is 17.7 Å². The third kappa shape index (κ3) is 4.25. The first-order chi connectivity index (χ1) is 15.1. The molecule has 1 N–H and O–H groups in total. The number of carboxylic acids is 1. The first kappa shape index (κ1) is 22.0. The summed E-state index contributed by atoms with van der Waals surface area (Å²) in [6.07, 6.45) is 5.33. The van der Waals surface area contributed by atoms with E-state index in [9.17, 15) is 27.9 Å². The predicted octanol–water partition coefficient (Wildman–Crippen LogP) is 4.16. The number of quaternary nitrogens is 1. The van der Waals surface area contributed by atoms with Gasteiger partial charge in [-0.2, -0.15) is 13.2 Å². The molecule has 0 bridgehead atoms. The lowest BCUT2D eigenvalue weighted by Gasteiger charge is -2.27. The maximum Gasteiger partial charge on any atom is 0.416 e. The Bertz CT molecular complexity index is 1080. The zero-order valence-electron chi connectivity index (χ0n) is 17.5. The van der Waals surface area contributed by atoms with E-state index in [1.165, 1.54) is 6.07 Å². The Morgan fingerprint density at radius 1 is 1.28 bits per heavy atom. The molecule has 2 aliphatic heterocycles. The number of halogens is 3. The van der Waals surface area contributed by atoms with E-state index in [1.54, 1.807) is 42.6 Å². The van der Waals surface area contributed by atoms with E-state index >= 15 is 0 Å². The number of alkyl halides is 3. The summed E-state index contributed by atoms with van der Waals surface area (Å²) in [5.41, 5.74) is 0.666. The van der Waals surface area contributed by atoms with Gasteiger partial charge in [-0.1, -0.05) is 6.07 Å². The summed E-state index contributed by atoms with van der Waals surface area (Å²) < 4.78 is 40.2. The first-order valence-electron chi connectivity index (χ1n) is 10.4. The summed E-state index contributed by atoms with van der Waals surface area (Å²) in [4.78, 5) is 29.9. The Labute approximate surface area is 183 Å². The van der Waals surface area contributed by atoms with E-state index in [4.69, 9.17) is 0 Å². The quantitative estimate of drug-likeness (QED) is 0.640. The first-order valence-corrected chi connectivity index (χ1v) is 10.4. The third-order valence-corrected chi connectivity index (χ3v) is 5.85. The summed E-state index contributed by atoms with van der Waals surface area (Å²) in [5.74, 6) is -0.657. The number of aliphatic imine (C=N–C) groups is 1. The number of carbonyl (C=O) groups excluding carboxylic acids is 1. The molecule has 9 heteroatoms. The van der Waals surface area contributed by atoms with Gasteiger partial charge in [0.2, 0.25) is 11.7 Å². The fourth-order valence-electron chi connectivity index (χ4n) is 4.06. The molecule has 2 heterocycles. The average molecular weight is 446 g/mol. The molecule has 0 radical (unpaired) electrons. The van der Waals surface area contributed by atoms with Crippen molar-refractivity contribution >= 4 is 23.7 Å². The summed E-state index contributed by atoms with van der Waals surface area (Å²) in [7, 11) is 0. The SMILES string of the molecule is CCN(Cc1cc(C(F)(F)F)ccc1C1=C[N+]2(CC(=O)O)C=CC=NC2=C1)C(=O)C1CC1. The standard InChI is InChI=1S/C23H22F3N3O3/c1-2-28(22(32)15-4-5-15)12-16-10-18(23(24,25)26)6-7-19(16)17-11-20-27-8-3-9-29(20,13-17)14-21(30)31/h3,6-11,13,15H,2,4-5,12,14H2,1H3/p+1. The van der Waals surface area contributed by atoms with Gasteiger partial charge in [0.1, 0.15) is 12.4 Å². The molecule has 1 aromatic carbocycles. The van der Waals surface area contributed by atoms with Crippen LogP contribution in [0.1, 0.15) is 36.5 Å². The molecule has 6 nitrogen and oxygen atoms in total. The highest BCUT2D eigenvalue weighted by Crippen LogP contribution is 2.39. The summed E-state index contributed by atoms with van der Waals surface area (Å²) in [6, 6.07) is 3.48. The zero-order valence-corrected chi connectivity index (χ0v) is 17.5. The van der Waals surface area contributed by atoms with Crippen molar-refractivity contribution in [1.82, 2.24) is 4.90 Å². The Hall–Kier alpha value is -3.20. The van der Waals surface area contributed by atoms with E-state index in [0.29, 0.717) is 29.1 Å². The van der Waals surface area contributed by atoms with Crippen LogP contribution >= 0.6 is 0 Å². The minimum absolute atomic E-state index is 0.0453. The maximum absolute atomic E-state index is 13.4. The van der Waals surface area contributed by atoms with Crippen molar-refractivity contribution < 1.29 is 32.3 Å². The van der Waals surface area contributed by atoms with Gasteiger partial charge < -0.3 is 10.0 Å². The summed E-state index contributed by atoms with van der Waals surface area (Å²) in [6.45, 7) is 1.96. The second kappa shape index (κ2) is 8.05. The molecule has 1 saturated carbocycles. The summed E-state index contributed by atoms with van der Waals surface area (Å²) in [5, 5.41) is 9.39. The van der Waals surface area contributed by atoms with Gasteiger partial charge in [0.25, 0.3) is 0 Å². The lowest BCUT2D eigenvalue weighted by molar-refractivity contribution is -0.777. The molecule has 32 heavy (non-hydrogen) atoms. The number of nitrogens with zero attached hydrogens (tertiary/aromatic N) is 3. The van der Waals surface area contributed by atoms with Crippen LogP contribution < -0.4 is 0 Å². The van der Waals surface area contributed by atoms with Gasteiger partial charge in [-0.15, -0.1) is 0 Å². The smallest absolute Gasteiger partial charge is 0.416 e. The van der Waals surface area contributed by atoms with E-state index in [-0.39, 0.29) is 29.4 Å². The Kier molecular flexibility index (Phi) is 5.54. The number of carboxylic acid groups (broad SMARTS) is 1. The number of fused-ring (bicyclic) bond motifs is 1. The number of allylic oxidation sites excluding steroid dienone is 3. The second-order valence-electron chi connectivity index (χ2n) is 8.19. The number of hydrogen-bond donors (Lipinski definition) is 1. The minimum atomic E-state index is -4.52. The van der Waals surface area contributed by atoms with Crippen molar-refractivity contribution in [3.05, 3.63) is 65.3 Å². The number of benzene rings is 1. The summed E-state index contributed by atoms with van der Waals surface area (Å²) >= 11 is 0. The fourth-order valence-corrected chi connectivity index (χ4v) is 4.06. The Morgan fingerprint density at radius 2 is 2.03 bits per heavy atom. The molecular weight excluding hydrogens is 423 g/mol. The molecule has 0 spiro atoms. The van der Waals surface area contributed by atoms with Crippen molar-refractivity contribution in [3.8, 4) is 0 Å². The van der Waals surface area contributed by atoms with Crippen molar-refractivity contribution in [2.24, 2.45) is 10.9 Å². The highest BCUT2D eigenvalue weighted by atomic mass is 19.4. The molecule has 0 saturated heterocycles. The second-order valence-corrected chi connectivity index (χ2v) is 8.19. The largest absolute Gasteiger partial charge is 0.477 e. The molecule has 1 aromatic rings. The van der Waals surface area contributed by atoms with Gasteiger partial charge in [-0.05, 0) is 43.0 Å². The van der Waals surface area contributed by atoms with E-state index in [0.717, 1.165) is 25.0 Å². The van der Waals surface area contributed by atoms with Gasteiger partial charge in [0, 0.05) is 42.9 Å². The van der Waals surface area contributed by atoms with Crippen LogP contribution in [-0.2, 0) is 22.3 Å². The maximum atomic E-state index is 13.4. The molecule has 4 rings (SSSR count). The van der Waals surface area contributed by atoms with Crippen LogP contribution in [0.5, 0.6) is 0 Å². The van der Waals surface area contributed by atoms with Crippen LogP contribution in [0.4, 0.5) is 13.2 Å². The molecule has 168 valence electrons. The molecule has 1 fully saturated rings. The Morgan fingerprint density at radius 3 is 2.66 bits per heavy atom. The molecular formula is C23H23F3N3O3+. The van der Waals surface area contributed by atoms with Crippen LogP contribution in [0, 0.1) is 5.92 Å². The van der Waals surface area contributed by atoms with Crippen molar-refractivity contribution in [2.45, 2.75) is 32.5 Å². The molecule has 1 unspecified atom stereocenters. The van der Waals surface area contributed by atoms with Crippen LogP contribution in [0.25, 0.3) is 5.57 Å². The molecule has 1 amide bonds. The van der Waals surface area contributed by atoms with Gasteiger partial charge in [-0.25, -0.2) is 14.3 Å². The van der Waals surface area contributed by atoms with Gasteiger partial charge in [0.05, 0.1) is 5.56 Å². The lowest BCUT2D eigenvalue weighted by atomic mass is 9.97. The number of carbonyl (C=O) groups is 2. The van der Waals surface area contributed by atoms with Gasteiger partial charge in [-0.3, -0.25) is 4.79 Å². The average Bonchev–Trinajstić information content (AvgIpc) is 3.51. The molecule has 0 aromatic heterocycles. The highest BCUT2D eigenvalue weighted by Gasteiger charge is 2.40. The van der Waals surface area contributed by atoms with Gasteiger partial charge >= 0.3 is 12.1 Å². The minimum Gasteiger partial charge on any atom is -0.477 e. The number of hydrogen-bond acceptors (Lipinski definition) is 3. The molecule has 1 aliphatic carbocycles. The van der Waals surface area contributed by atoms with Gasteiger partial charge in [0.15, 0.2) is 6.54 Å². The van der Waals surface area contributed by atoms with Crippen LogP contribution in [0.3, 0.4) is 0 Å². The topological polar surface area (TPSA) is 70.0 Å². The number of rotatable bonds is 7. The molecule has 3 aliphatic rings. The predicted molar refractivity (Wildman–Crippen MR) is 112 cm³/mol. The van der Waals surface area contributed by atoms with Crippen LogP contribution in [0.2, 0.25) is 0 Å². The van der Waals surface area contributed by atoms with Crippen molar-refractivity contribution in [3.63, 3.8) is 0 Å². The third-order valence-electron chi connectivity index (χ3n) is 5.85. The van der Waals surface area contributed by atoms with E-state index in [2.05, 4.69) is 4.99 Å². The van der Waals surface area contributed by atoms with Crippen molar-refractivity contribution in [2.75, 3.05) is 13.1 Å². The number of aliphatic carboxylic acids is 1. The highest BCUT2D eigenvalue weighted by molar-refractivity contribution is 5.83. The normalized spacial score (nSPS) is 21.8.